The first-order valence-electron chi connectivity index (χ1n) is 5.11. The lowest BCUT2D eigenvalue weighted by molar-refractivity contribution is -0.122. The first-order valence-corrected chi connectivity index (χ1v) is 5.11. The van der Waals surface area contributed by atoms with Gasteiger partial charge in [-0.3, -0.25) is 4.79 Å². The van der Waals surface area contributed by atoms with Gasteiger partial charge in [-0.15, -0.1) is 0 Å². The molecule has 1 unspecified atom stereocenters. The normalized spacial score (nSPS) is 19.7. The van der Waals surface area contributed by atoms with E-state index in [1.165, 1.54) is 19.3 Å². The van der Waals surface area contributed by atoms with Crippen LogP contribution < -0.4 is 0 Å². The van der Waals surface area contributed by atoms with Crippen LogP contribution in [0.1, 0.15) is 46.5 Å². The first-order chi connectivity index (χ1) is 5.61. The van der Waals surface area contributed by atoms with Gasteiger partial charge in [-0.2, -0.15) is 0 Å². The molecule has 1 heteroatoms. The molecule has 0 aromatic carbocycles. The molecular weight excluding hydrogens is 148 g/mol. The van der Waals surface area contributed by atoms with Gasteiger partial charge in [0.2, 0.25) is 0 Å². The Kier molecular flexibility index (Phi) is 3.30. The minimum atomic E-state index is 0.325. The largest absolute Gasteiger partial charge is 0.300 e. The Morgan fingerprint density at radius 2 is 2.00 bits per heavy atom. The fourth-order valence-corrected chi connectivity index (χ4v) is 1.83. The summed E-state index contributed by atoms with van der Waals surface area (Å²) in [6, 6.07) is 0. The third-order valence-electron chi connectivity index (χ3n) is 2.91. The molecule has 0 aromatic rings. The van der Waals surface area contributed by atoms with Crippen LogP contribution in [-0.4, -0.2) is 5.78 Å². The summed E-state index contributed by atoms with van der Waals surface area (Å²) in [5, 5.41) is 0. The van der Waals surface area contributed by atoms with E-state index < -0.39 is 0 Å². The third-order valence-corrected chi connectivity index (χ3v) is 2.91. The molecule has 0 aliphatic heterocycles. The molecule has 1 fully saturated rings. The van der Waals surface area contributed by atoms with Crippen molar-refractivity contribution in [1.82, 2.24) is 0 Å². The molecule has 0 saturated heterocycles. The van der Waals surface area contributed by atoms with E-state index >= 15 is 0 Å². The van der Waals surface area contributed by atoms with Gasteiger partial charge >= 0.3 is 0 Å². The van der Waals surface area contributed by atoms with Crippen LogP contribution in [0.5, 0.6) is 0 Å². The summed E-state index contributed by atoms with van der Waals surface area (Å²) < 4.78 is 0. The highest BCUT2D eigenvalue weighted by molar-refractivity contribution is 5.78. The minimum Gasteiger partial charge on any atom is -0.300 e. The van der Waals surface area contributed by atoms with Gasteiger partial charge in [0.1, 0.15) is 5.78 Å². The molecule has 12 heavy (non-hydrogen) atoms. The second kappa shape index (κ2) is 4.06. The van der Waals surface area contributed by atoms with Gasteiger partial charge in [0, 0.05) is 5.92 Å². The fraction of sp³-hybridized carbons (Fsp3) is 0.909. The molecule has 70 valence electrons. The van der Waals surface area contributed by atoms with Crippen molar-refractivity contribution in [3.63, 3.8) is 0 Å². The van der Waals surface area contributed by atoms with Crippen LogP contribution in [0.3, 0.4) is 0 Å². The molecule has 1 atom stereocenters. The highest BCUT2D eigenvalue weighted by Gasteiger charge is 2.25. The van der Waals surface area contributed by atoms with Crippen molar-refractivity contribution in [3.8, 4) is 0 Å². The van der Waals surface area contributed by atoms with Gasteiger partial charge in [0.25, 0.3) is 0 Å². The van der Waals surface area contributed by atoms with Crippen LogP contribution >= 0.6 is 0 Å². The van der Waals surface area contributed by atoms with Crippen LogP contribution in [0.25, 0.3) is 0 Å². The maximum Gasteiger partial charge on any atom is 0.133 e. The molecule has 0 radical (unpaired) electrons. The number of rotatable bonds is 5. The smallest absolute Gasteiger partial charge is 0.133 e. The van der Waals surface area contributed by atoms with E-state index in [0.29, 0.717) is 17.6 Å². The summed E-state index contributed by atoms with van der Waals surface area (Å²) in [6.07, 6.45) is 5.21. The standard InChI is InChI=1S/C11H20O/c1-8(2)11(9(3)12)7-6-10-4-5-10/h8,10-11H,4-7H2,1-3H3. The van der Waals surface area contributed by atoms with E-state index in [1.54, 1.807) is 6.92 Å². The Morgan fingerprint density at radius 1 is 1.42 bits per heavy atom. The summed E-state index contributed by atoms with van der Waals surface area (Å²) in [5.41, 5.74) is 0. The Balaban J connectivity index is 2.26. The molecule has 1 aliphatic rings. The predicted octanol–water partition coefficient (Wildman–Crippen LogP) is 3.04. The Hall–Kier alpha value is -0.330. The van der Waals surface area contributed by atoms with Gasteiger partial charge < -0.3 is 0 Å². The maximum atomic E-state index is 11.2. The maximum absolute atomic E-state index is 11.2. The van der Waals surface area contributed by atoms with E-state index in [1.807, 2.05) is 0 Å². The van der Waals surface area contributed by atoms with Crippen molar-refractivity contribution in [2.24, 2.45) is 17.8 Å². The molecule has 0 aromatic heterocycles. The van der Waals surface area contributed by atoms with Crippen molar-refractivity contribution < 1.29 is 4.79 Å². The van der Waals surface area contributed by atoms with E-state index in [0.717, 1.165) is 12.3 Å². The van der Waals surface area contributed by atoms with Crippen molar-refractivity contribution in [1.29, 1.82) is 0 Å². The average molecular weight is 168 g/mol. The lowest BCUT2D eigenvalue weighted by Crippen LogP contribution is -2.17. The van der Waals surface area contributed by atoms with Gasteiger partial charge in [-0.05, 0) is 31.6 Å². The van der Waals surface area contributed by atoms with Crippen LogP contribution in [0.2, 0.25) is 0 Å². The molecule has 0 spiro atoms. The van der Waals surface area contributed by atoms with E-state index in [4.69, 9.17) is 0 Å². The van der Waals surface area contributed by atoms with Crippen molar-refractivity contribution >= 4 is 5.78 Å². The summed E-state index contributed by atoms with van der Waals surface area (Å²) >= 11 is 0. The van der Waals surface area contributed by atoms with Crippen LogP contribution in [0, 0.1) is 17.8 Å². The Labute approximate surface area is 75.5 Å². The zero-order valence-corrected chi connectivity index (χ0v) is 8.47. The second-order valence-corrected chi connectivity index (χ2v) is 4.48. The minimum absolute atomic E-state index is 0.325. The molecule has 1 aliphatic carbocycles. The summed E-state index contributed by atoms with van der Waals surface area (Å²) in [5.74, 6) is 2.20. The predicted molar refractivity (Wildman–Crippen MR) is 51.0 cm³/mol. The van der Waals surface area contributed by atoms with Crippen LogP contribution in [0.15, 0.2) is 0 Å². The average Bonchev–Trinajstić information content (AvgIpc) is 2.69. The third kappa shape index (κ3) is 2.96. The number of ketones is 1. The van der Waals surface area contributed by atoms with Gasteiger partial charge in [0.15, 0.2) is 0 Å². The number of carbonyl (C=O) groups excluding carboxylic acids is 1. The van der Waals surface area contributed by atoms with Gasteiger partial charge in [-0.25, -0.2) is 0 Å². The van der Waals surface area contributed by atoms with E-state index in [-0.39, 0.29) is 0 Å². The van der Waals surface area contributed by atoms with Crippen molar-refractivity contribution in [3.05, 3.63) is 0 Å². The Morgan fingerprint density at radius 3 is 2.33 bits per heavy atom. The number of Topliss-reactive ketones (excluding diaryl/α,β-unsaturated/α-hetero) is 1. The SMILES string of the molecule is CC(=O)C(CCC1CC1)C(C)C. The van der Waals surface area contributed by atoms with Crippen LogP contribution in [0.4, 0.5) is 0 Å². The topological polar surface area (TPSA) is 17.1 Å². The molecular formula is C11H20O. The molecule has 0 N–H and O–H groups in total. The quantitative estimate of drug-likeness (QED) is 0.616. The Bertz CT molecular complexity index is 156. The summed E-state index contributed by atoms with van der Waals surface area (Å²) in [4.78, 5) is 11.2. The lowest BCUT2D eigenvalue weighted by Gasteiger charge is -2.16. The molecule has 1 saturated carbocycles. The van der Waals surface area contributed by atoms with Gasteiger partial charge in [-0.1, -0.05) is 26.7 Å². The monoisotopic (exact) mass is 168 g/mol. The second-order valence-electron chi connectivity index (χ2n) is 4.48. The van der Waals surface area contributed by atoms with Crippen molar-refractivity contribution in [2.45, 2.75) is 46.5 Å². The zero-order chi connectivity index (χ0) is 9.14. The van der Waals surface area contributed by atoms with E-state index in [2.05, 4.69) is 13.8 Å². The molecule has 1 rings (SSSR count). The highest BCUT2D eigenvalue weighted by atomic mass is 16.1. The summed E-state index contributed by atoms with van der Waals surface area (Å²) in [6.45, 7) is 6.04. The van der Waals surface area contributed by atoms with Gasteiger partial charge in [0.05, 0.1) is 0 Å². The molecule has 0 bridgehead atoms. The highest BCUT2D eigenvalue weighted by Crippen LogP contribution is 2.35. The fourth-order valence-electron chi connectivity index (χ4n) is 1.83. The first kappa shape index (κ1) is 9.76. The lowest BCUT2D eigenvalue weighted by atomic mass is 9.87. The number of hydrogen-bond donors (Lipinski definition) is 0. The summed E-state index contributed by atoms with van der Waals surface area (Å²) in [7, 11) is 0. The molecule has 0 heterocycles. The molecule has 0 amide bonds. The van der Waals surface area contributed by atoms with Crippen molar-refractivity contribution in [2.75, 3.05) is 0 Å². The zero-order valence-electron chi connectivity index (χ0n) is 8.47. The number of hydrogen-bond acceptors (Lipinski definition) is 1. The number of carbonyl (C=O) groups is 1. The van der Waals surface area contributed by atoms with Crippen LogP contribution in [-0.2, 0) is 4.79 Å². The van der Waals surface area contributed by atoms with E-state index in [9.17, 15) is 4.79 Å². The molecule has 1 nitrogen and oxygen atoms in total.